The Morgan fingerprint density at radius 2 is 2.04 bits per heavy atom. The number of nitrogens with one attached hydrogen (secondary N) is 1. The molecule has 3 N–H and O–H groups in total. The lowest BCUT2D eigenvalue weighted by molar-refractivity contribution is -0.734. The van der Waals surface area contributed by atoms with Gasteiger partial charge in [-0.15, -0.1) is 0 Å². The first kappa shape index (κ1) is 19.4. The van der Waals surface area contributed by atoms with Crippen LogP contribution in [-0.4, -0.2) is 48.9 Å². The molecule has 7 nitrogen and oxygen atoms in total. The molecule has 0 radical (unpaired) electrons. The van der Waals surface area contributed by atoms with Crippen LogP contribution in [0.15, 0.2) is 18.2 Å². The number of rotatable bonds is 5. The van der Waals surface area contributed by atoms with Crippen LogP contribution >= 0.6 is 11.6 Å². The summed E-state index contributed by atoms with van der Waals surface area (Å²) >= 11 is 6.23. The molecule has 8 heteroatoms. The molecule has 0 aliphatic carbocycles. The number of ether oxygens (including phenoxy) is 1. The van der Waals surface area contributed by atoms with Crippen molar-refractivity contribution in [1.29, 1.82) is 0 Å². The number of quaternary nitrogens is 1. The normalized spacial score (nSPS) is 31.1. The van der Waals surface area contributed by atoms with Gasteiger partial charge in [0.15, 0.2) is 0 Å². The molecule has 28 heavy (non-hydrogen) atoms. The predicted molar refractivity (Wildman–Crippen MR) is 103 cm³/mol. The summed E-state index contributed by atoms with van der Waals surface area (Å²) in [6, 6.07) is 5.07. The summed E-state index contributed by atoms with van der Waals surface area (Å²) in [5, 5.41) is 5.35. The van der Waals surface area contributed by atoms with Crippen LogP contribution in [0.1, 0.15) is 25.8 Å². The maximum atomic E-state index is 13.4. The molecule has 150 valence electrons. The average Bonchev–Trinajstić information content (AvgIpc) is 3.19. The smallest absolute Gasteiger partial charge is 0.291 e. The molecule has 3 amide bonds. The number of hydrogen-bond donors (Lipinski definition) is 2. The molecule has 3 heterocycles. The van der Waals surface area contributed by atoms with Gasteiger partial charge in [-0.2, -0.15) is 0 Å². The lowest BCUT2D eigenvalue weighted by Crippen LogP contribution is -2.99. The van der Waals surface area contributed by atoms with Gasteiger partial charge in [0.1, 0.15) is 17.9 Å². The predicted octanol–water partition coefficient (Wildman–Crippen LogP) is 0.727. The van der Waals surface area contributed by atoms with Crippen molar-refractivity contribution in [2.75, 3.05) is 25.6 Å². The lowest BCUT2D eigenvalue weighted by atomic mass is 9.76. The van der Waals surface area contributed by atoms with Crippen LogP contribution in [0.2, 0.25) is 5.02 Å². The topological polar surface area (TPSA) is 92.3 Å². The zero-order valence-corrected chi connectivity index (χ0v) is 17.0. The Bertz CT molecular complexity index is 858. The Hall–Kier alpha value is -1.96. The highest BCUT2D eigenvalue weighted by molar-refractivity contribution is 6.31. The van der Waals surface area contributed by atoms with Gasteiger partial charge in [0.05, 0.1) is 18.8 Å². The van der Waals surface area contributed by atoms with Crippen molar-refractivity contribution >= 4 is 35.0 Å². The van der Waals surface area contributed by atoms with E-state index in [1.54, 1.807) is 18.2 Å². The molecule has 2 saturated heterocycles. The fraction of sp³-hybridized carbons (Fsp3) is 0.550. The maximum Gasteiger partial charge on any atom is 0.291 e. The van der Waals surface area contributed by atoms with Crippen molar-refractivity contribution in [2.45, 2.75) is 31.8 Å². The molecule has 3 aliphatic rings. The Morgan fingerprint density at radius 1 is 1.29 bits per heavy atom. The number of carbonyl (C=O) groups is 3. The third-order valence-electron chi connectivity index (χ3n) is 6.18. The first-order valence-corrected chi connectivity index (χ1v) is 10.0. The first-order valence-electron chi connectivity index (χ1n) is 9.63. The summed E-state index contributed by atoms with van der Waals surface area (Å²) in [5.74, 6) is -1.67. The molecular formula is C20H25ClN3O4+. The summed E-state index contributed by atoms with van der Waals surface area (Å²) in [4.78, 5) is 41.0. The quantitative estimate of drug-likeness (QED) is 0.705. The summed E-state index contributed by atoms with van der Waals surface area (Å²) in [6.45, 7) is 4.64. The van der Waals surface area contributed by atoms with Crippen molar-refractivity contribution in [2.24, 2.45) is 17.8 Å². The van der Waals surface area contributed by atoms with Crippen molar-refractivity contribution in [1.82, 2.24) is 4.90 Å². The Kier molecular flexibility index (Phi) is 4.72. The van der Waals surface area contributed by atoms with Gasteiger partial charge in [-0.1, -0.05) is 25.4 Å². The van der Waals surface area contributed by atoms with E-state index in [-0.39, 0.29) is 36.9 Å². The van der Waals surface area contributed by atoms with Crippen molar-refractivity contribution in [3.8, 4) is 0 Å². The van der Waals surface area contributed by atoms with Crippen LogP contribution < -0.4 is 10.6 Å². The van der Waals surface area contributed by atoms with E-state index in [0.29, 0.717) is 22.2 Å². The van der Waals surface area contributed by atoms with Crippen LogP contribution in [-0.2, 0) is 24.7 Å². The standard InChI is InChI=1S/C20H24ClN3O4/c1-10(2)8-14-15-16(18(26)24(17(15)25)6-7-28-3)20(23-14)12-9-11(21)4-5-13(12)22-19(20)27/h4-5,9-10,14-16,23H,6-8H2,1-3H3,(H,22,27)/p+1/t14-,15-,16+,20+/m1/s1. The monoisotopic (exact) mass is 406 g/mol. The highest BCUT2D eigenvalue weighted by Crippen LogP contribution is 2.50. The summed E-state index contributed by atoms with van der Waals surface area (Å²) in [6.07, 6.45) is 0.739. The van der Waals surface area contributed by atoms with Crippen LogP contribution in [0.3, 0.4) is 0 Å². The molecule has 4 rings (SSSR count). The minimum atomic E-state index is -1.15. The Balaban J connectivity index is 1.84. The number of nitrogens with zero attached hydrogens (tertiary/aromatic N) is 1. The summed E-state index contributed by atoms with van der Waals surface area (Å²) in [7, 11) is 1.53. The first-order chi connectivity index (χ1) is 13.3. The fourth-order valence-electron chi connectivity index (χ4n) is 5.16. The number of benzene rings is 1. The molecule has 4 atom stereocenters. The van der Waals surface area contributed by atoms with E-state index in [2.05, 4.69) is 19.2 Å². The van der Waals surface area contributed by atoms with E-state index < -0.39 is 17.4 Å². The molecular weight excluding hydrogens is 382 g/mol. The number of carbonyl (C=O) groups excluding carboxylic acids is 3. The van der Waals surface area contributed by atoms with Gasteiger partial charge in [0.25, 0.3) is 5.91 Å². The largest absolute Gasteiger partial charge is 0.383 e. The SMILES string of the molecule is COCCN1C(=O)[C@H]2[C@@H](C1=O)[C@]1([NH2+][C@@H]2CC(C)C)C(=O)Nc2ccc(Cl)cc21. The van der Waals surface area contributed by atoms with Gasteiger partial charge in [0.2, 0.25) is 17.4 Å². The minimum Gasteiger partial charge on any atom is -0.383 e. The number of methoxy groups -OCH3 is 1. The molecule has 2 fully saturated rings. The molecule has 1 aromatic rings. The number of likely N-dealkylation sites (tertiary alicyclic amines) is 1. The Labute approximate surface area is 168 Å². The van der Waals surface area contributed by atoms with Gasteiger partial charge in [-0.3, -0.25) is 19.3 Å². The van der Waals surface area contributed by atoms with E-state index in [1.165, 1.54) is 12.0 Å². The van der Waals surface area contributed by atoms with E-state index in [0.717, 1.165) is 6.42 Å². The number of amides is 3. The van der Waals surface area contributed by atoms with E-state index in [1.807, 2.05) is 5.32 Å². The van der Waals surface area contributed by atoms with Crippen molar-refractivity contribution in [3.63, 3.8) is 0 Å². The molecule has 0 aromatic heterocycles. The van der Waals surface area contributed by atoms with Crippen LogP contribution in [0, 0.1) is 17.8 Å². The molecule has 1 aromatic carbocycles. The van der Waals surface area contributed by atoms with E-state index in [9.17, 15) is 14.4 Å². The third kappa shape index (κ3) is 2.60. The molecule has 1 spiro atoms. The second-order valence-electron chi connectivity index (χ2n) is 8.30. The molecule has 0 saturated carbocycles. The zero-order valence-electron chi connectivity index (χ0n) is 16.2. The zero-order chi connectivity index (χ0) is 20.2. The summed E-state index contributed by atoms with van der Waals surface area (Å²) in [5.41, 5.74) is 0.199. The lowest BCUT2D eigenvalue weighted by Gasteiger charge is -2.26. The van der Waals surface area contributed by atoms with Crippen LogP contribution in [0.5, 0.6) is 0 Å². The fourth-order valence-corrected chi connectivity index (χ4v) is 5.33. The van der Waals surface area contributed by atoms with Crippen LogP contribution in [0.4, 0.5) is 5.69 Å². The second-order valence-corrected chi connectivity index (χ2v) is 8.73. The maximum absolute atomic E-state index is 13.4. The van der Waals surface area contributed by atoms with Gasteiger partial charge in [-0.25, -0.2) is 0 Å². The van der Waals surface area contributed by atoms with E-state index in [4.69, 9.17) is 16.3 Å². The minimum absolute atomic E-state index is 0.148. The van der Waals surface area contributed by atoms with E-state index >= 15 is 0 Å². The second kappa shape index (κ2) is 6.83. The number of imide groups is 1. The molecule has 0 unspecified atom stereocenters. The Morgan fingerprint density at radius 3 is 2.71 bits per heavy atom. The highest BCUT2D eigenvalue weighted by atomic mass is 35.5. The summed E-state index contributed by atoms with van der Waals surface area (Å²) < 4.78 is 5.07. The third-order valence-corrected chi connectivity index (χ3v) is 6.42. The molecule has 0 bridgehead atoms. The molecule has 3 aliphatic heterocycles. The van der Waals surface area contributed by atoms with Crippen molar-refractivity contribution in [3.05, 3.63) is 28.8 Å². The van der Waals surface area contributed by atoms with Crippen molar-refractivity contribution < 1.29 is 24.4 Å². The number of nitrogens with two attached hydrogens (primary N) is 1. The number of fused-ring (bicyclic) bond motifs is 4. The number of hydrogen-bond acceptors (Lipinski definition) is 4. The highest BCUT2D eigenvalue weighted by Gasteiger charge is 2.74. The van der Waals surface area contributed by atoms with Gasteiger partial charge >= 0.3 is 0 Å². The average molecular weight is 407 g/mol. The number of halogens is 1. The van der Waals surface area contributed by atoms with Gasteiger partial charge < -0.3 is 15.4 Å². The van der Waals surface area contributed by atoms with Gasteiger partial charge in [-0.05, 0) is 24.1 Å². The van der Waals surface area contributed by atoms with Gasteiger partial charge in [0, 0.05) is 24.1 Å². The van der Waals surface area contributed by atoms with Crippen LogP contribution in [0.25, 0.3) is 0 Å². The number of anilines is 1.